The number of hydrogen-bond donors (Lipinski definition) is 2. The van der Waals surface area contributed by atoms with Gasteiger partial charge in [-0.25, -0.2) is 9.59 Å². The second kappa shape index (κ2) is 10.9. The quantitative estimate of drug-likeness (QED) is 0.596. The van der Waals surface area contributed by atoms with Crippen LogP contribution in [0.25, 0.3) is 11.1 Å². The summed E-state index contributed by atoms with van der Waals surface area (Å²) >= 11 is 0. The van der Waals surface area contributed by atoms with Gasteiger partial charge in [-0.15, -0.1) is 0 Å². The standard InChI is InChI=1S/C27H32N2O6/c1-3-4-13-23(25(30)29-14-15-34-17(2)24(29)26(31)32)28-27(33)35-16-22-20-11-7-5-9-18(20)19-10-6-8-12-21(19)22/h5-12,17,22-24H,3-4,13-16H2,1-2H3,(H,28,33)(H,31,32). The molecule has 0 bridgehead atoms. The van der Waals surface area contributed by atoms with Gasteiger partial charge in [0.05, 0.1) is 12.7 Å². The van der Waals surface area contributed by atoms with Crippen LogP contribution in [0.4, 0.5) is 4.79 Å². The first-order chi connectivity index (χ1) is 16.9. The van der Waals surface area contributed by atoms with E-state index in [4.69, 9.17) is 9.47 Å². The number of nitrogens with zero attached hydrogens (tertiary/aromatic N) is 1. The summed E-state index contributed by atoms with van der Waals surface area (Å²) in [5.41, 5.74) is 4.47. The van der Waals surface area contributed by atoms with E-state index >= 15 is 0 Å². The molecule has 1 fully saturated rings. The van der Waals surface area contributed by atoms with Crippen LogP contribution in [0.5, 0.6) is 0 Å². The van der Waals surface area contributed by atoms with Gasteiger partial charge in [0.1, 0.15) is 12.6 Å². The van der Waals surface area contributed by atoms with Crippen LogP contribution in [-0.4, -0.2) is 65.9 Å². The summed E-state index contributed by atoms with van der Waals surface area (Å²) < 4.78 is 11.1. The van der Waals surface area contributed by atoms with Gasteiger partial charge in [-0.2, -0.15) is 0 Å². The lowest BCUT2D eigenvalue weighted by Gasteiger charge is -2.39. The monoisotopic (exact) mass is 480 g/mol. The Balaban J connectivity index is 1.45. The van der Waals surface area contributed by atoms with Crippen LogP contribution in [0, 0.1) is 0 Å². The molecule has 2 aromatic rings. The zero-order valence-corrected chi connectivity index (χ0v) is 20.1. The molecule has 2 amide bonds. The van der Waals surface area contributed by atoms with Crippen LogP contribution in [0.1, 0.15) is 50.2 Å². The number of amides is 2. The van der Waals surface area contributed by atoms with E-state index in [0.717, 1.165) is 28.7 Å². The van der Waals surface area contributed by atoms with Crippen molar-refractivity contribution in [1.29, 1.82) is 0 Å². The number of benzene rings is 2. The summed E-state index contributed by atoms with van der Waals surface area (Å²) in [5.74, 6) is -1.63. The minimum Gasteiger partial charge on any atom is -0.480 e. The van der Waals surface area contributed by atoms with E-state index in [1.54, 1.807) is 6.92 Å². The highest BCUT2D eigenvalue weighted by atomic mass is 16.5. The molecule has 1 heterocycles. The van der Waals surface area contributed by atoms with Crippen LogP contribution in [0.3, 0.4) is 0 Å². The molecule has 3 unspecified atom stereocenters. The molecular formula is C27H32N2O6. The van der Waals surface area contributed by atoms with Crippen molar-refractivity contribution in [2.75, 3.05) is 19.8 Å². The molecule has 35 heavy (non-hydrogen) atoms. The van der Waals surface area contributed by atoms with Crippen molar-refractivity contribution in [3.05, 3.63) is 59.7 Å². The Morgan fingerprint density at radius 3 is 2.34 bits per heavy atom. The lowest BCUT2D eigenvalue weighted by molar-refractivity contribution is -0.165. The molecule has 1 aliphatic carbocycles. The predicted octanol–water partition coefficient (Wildman–Crippen LogP) is 3.78. The predicted molar refractivity (Wildman–Crippen MR) is 130 cm³/mol. The van der Waals surface area contributed by atoms with E-state index in [9.17, 15) is 19.5 Å². The minimum atomic E-state index is -1.12. The number of morpholine rings is 1. The molecule has 0 saturated carbocycles. The van der Waals surface area contributed by atoms with Crippen LogP contribution >= 0.6 is 0 Å². The molecule has 1 saturated heterocycles. The number of fused-ring (bicyclic) bond motifs is 3. The number of ether oxygens (including phenoxy) is 2. The fourth-order valence-corrected chi connectivity index (χ4v) is 5.05. The summed E-state index contributed by atoms with van der Waals surface area (Å²) in [6.07, 6.45) is 0.619. The van der Waals surface area contributed by atoms with Crippen molar-refractivity contribution in [2.24, 2.45) is 0 Å². The first-order valence-corrected chi connectivity index (χ1v) is 12.2. The van der Waals surface area contributed by atoms with Crippen molar-refractivity contribution in [3.8, 4) is 11.1 Å². The fraction of sp³-hybridized carbons (Fsp3) is 0.444. The number of alkyl carbamates (subject to hydrolysis) is 1. The Kier molecular flexibility index (Phi) is 7.70. The number of carbonyl (C=O) groups is 3. The summed E-state index contributed by atoms with van der Waals surface area (Å²) in [6, 6.07) is 14.2. The van der Waals surface area contributed by atoms with Gasteiger partial charge in [0.15, 0.2) is 6.04 Å². The molecule has 2 aliphatic rings. The van der Waals surface area contributed by atoms with E-state index < -0.39 is 36.2 Å². The molecule has 1 aliphatic heterocycles. The van der Waals surface area contributed by atoms with Crippen LogP contribution in [-0.2, 0) is 19.1 Å². The Morgan fingerprint density at radius 1 is 1.11 bits per heavy atom. The molecule has 0 radical (unpaired) electrons. The normalized spacial score (nSPS) is 20.0. The van der Waals surface area contributed by atoms with Crippen molar-refractivity contribution in [2.45, 2.75) is 57.2 Å². The molecule has 186 valence electrons. The van der Waals surface area contributed by atoms with Crippen LogP contribution in [0.15, 0.2) is 48.5 Å². The average molecular weight is 481 g/mol. The number of carbonyl (C=O) groups excluding carboxylic acids is 2. The largest absolute Gasteiger partial charge is 0.480 e. The summed E-state index contributed by atoms with van der Waals surface area (Å²) in [6.45, 7) is 4.18. The highest BCUT2D eigenvalue weighted by molar-refractivity contribution is 5.89. The second-order valence-corrected chi connectivity index (χ2v) is 9.06. The summed E-state index contributed by atoms with van der Waals surface area (Å²) in [4.78, 5) is 39.3. The van der Waals surface area contributed by atoms with Crippen molar-refractivity contribution in [1.82, 2.24) is 10.2 Å². The third-order valence-electron chi connectivity index (χ3n) is 6.81. The maximum absolute atomic E-state index is 13.3. The van der Waals surface area contributed by atoms with Crippen molar-refractivity contribution < 1.29 is 29.0 Å². The number of aliphatic carboxylic acids is 1. The molecule has 8 nitrogen and oxygen atoms in total. The first kappa shape index (κ1) is 24.7. The van der Waals surface area contributed by atoms with Gasteiger partial charge in [-0.3, -0.25) is 4.79 Å². The molecule has 8 heteroatoms. The molecule has 2 N–H and O–H groups in total. The number of rotatable bonds is 8. The maximum atomic E-state index is 13.3. The molecular weight excluding hydrogens is 448 g/mol. The van der Waals surface area contributed by atoms with Gasteiger partial charge < -0.3 is 24.8 Å². The summed E-state index contributed by atoms with van der Waals surface area (Å²) in [5, 5.41) is 12.4. The smallest absolute Gasteiger partial charge is 0.407 e. The van der Waals surface area contributed by atoms with E-state index in [1.807, 2.05) is 43.3 Å². The molecule has 4 rings (SSSR count). The number of hydrogen-bond acceptors (Lipinski definition) is 5. The van der Waals surface area contributed by atoms with Gasteiger partial charge in [-0.1, -0.05) is 68.3 Å². The first-order valence-electron chi connectivity index (χ1n) is 12.2. The van der Waals surface area contributed by atoms with Gasteiger partial charge in [0.2, 0.25) is 5.91 Å². The second-order valence-electron chi connectivity index (χ2n) is 9.06. The van der Waals surface area contributed by atoms with Crippen molar-refractivity contribution >= 4 is 18.0 Å². The third kappa shape index (κ3) is 5.17. The zero-order valence-electron chi connectivity index (χ0n) is 20.1. The Hall–Kier alpha value is -3.39. The highest BCUT2D eigenvalue weighted by Crippen LogP contribution is 2.44. The Morgan fingerprint density at radius 2 is 1.74 bits per heavy atom. The Labute approximate surface area is 205 Å². The van der Waals surface area contributed by atoms with Gasteiger partial charge in [0.25, 0.3) is 0 Å². The number of unbranched alkanes of at least 4 members (excludes halogenated alkanes) is 1. The fourth-order valence-electron chi connectivity index (χ4n) is 5.05. The lowest BCUT2D eigenvalue weighted by atomic mass is 9.98. The number of carboxylic acids is 1. The molecule has 0 spiro atoms. The Bertz CT molecular complexity index is 1040. The third-order valence-corrected chi connectivity index (χ3v) is 6.81. The molecule has 2 aromatic carbocycles. The topological polar surface area (TPSA) is 105 Å². The van der Waals surface area contributed by atoms with E-state index in [2.05, 4.69) is 17.4 Å². The SMILES string of the molecule is CCCCC(NC(=O)OCC1c2ccccc2-c2ccccc21)C(=O)N1CCOC(C)C1C(=O)O. The highest BCUT2D eigenvalue weighted by Gasteiger charge is 2.40. The summed E-state index contributed by atoms with van der Waals surface area (Å²) in [7, 11) is 0. The average Bonchev–Trinajstić information content (AvgIpc) is 3.18. The molecule has 0 aromatic heterocycles. The van der Waals surface area contributed by atoms with Gasteiger partial charge in [-0.05, 0) is 35.6 Å². The maximum Gasteiger partial charge on any atom is 0.407 e. The number of nitrogens with one attached hydrogen (secondary N) is 1. The number of carboxylic acid groups (broad SMARTS) is 1. The van der Waals surface area contributed by atoms with Crippen molar-refractivity contribution in [3.63, 3.8) is 0 Å². The van der Waals surface area contributed by atoms with E-state index in [-0.39, 0.29) is 25.7 Å². The van der Waals surface area contributed by atoms with Gasteiger partial charge in [0, 0.05) is 12.5 Å². The van der Waals surface area contributed by atoms with Crippen LogP contribution < -0.4 is 5.32 Å². The van der Waals surface area contributed by atoms with E-state index in [1.165, 1.54) is 4.90 Å². The van der Waals surface area contributed by atoms with E-state index in [0.29, 0.717) is 12.8 Å². The zero-order chi connectivity index (χ0) is 24.9. The lowest BCUT2D eigenvalue weighted by Crippen LogP contribution is -2.60. The van der Waals surface area contributed by atoms with Gasteiger partial charge >= 0.3 is 12.1 Å². The van der Waals surface area contributed by atoms with Crippen LogP contribution in [0.2, 0.25) is 0 Å². The molecule has 3 atom stereocenters. The minimum absolute atomic E-state index is 0.0885.